The Hall–Kier alpha value is -1.58. The molecule has 1 aromatic carbocycles. The minimum atomic E-state index is -3.62. The molecule has 1 N–H and O–H groups in total. The van der Waals surface area contributed by atoms with E-state index in [-0.39, 0.29) is 36.7 Å². The number of amides is 2. The number of thioether (sulfide) groups is 1. The van der Waals surface area contributed by atoms with E-state index in [0.29, 0.717) is 12.1 Å². The molecule has 1 aliphatic carbocycles. The Morgan fingerprint density at radius 2 is 1.97 bits per heavy atom. The van der Waals surface area contributed by atoms with Gasteiger partial charge in [-0.3, -0.25) is 14.5 Å². The first-order valence-corrected chi connectivity index (χ1v) is 13.8. The second-order valence-corrected chi connectivity index (χ2v) is 11.6. The molecule has 1 unspecified atom stereocenters. The lowest BCUT2D eigenvalue weighted by molar-refractivity contribution is -0.133. The number of nitrogens with one attached hydrogen (secondary N) is 1. The smallest absolute Gasteiger partial charge is 0.247 e. The quantitative estimate of drug-likeness (QED) is 0.623. The summed E-state index contributed by atoms with van der Waals surface area (Å²) in [6.07, 6.45) is 7.53. The van der Waals surface area contributed by atoms with Crippen molar-refractivity contribution in [2.75, 3.05) is 30.0 Å². The molecule has 1 saturated carbocycles. The van der Waals surface area contributed by atoms with Crippen LogP contribution in [0.2, 0.25) is 0 Å². The van der Waals surface area contributed by atoms with Gasteiger partial charge in [-0.1, -0.05) is 32.3 Å². The molecular weight excluding hydrogens is 434 g/mol. The molecule has 7 nitrogen and oxygen atoms in total. The molecule has 1 saturated heterocycles. The van der Waals surface area contributed by atoms with Crippen LogP contribution < -0.4 is 10.2 Å². The lowest BCUT2D eigenvalue weighted by Gasteiger charge is -2.47. The number of carbonyl (C=O) groups is 2. The summed E-state index contributed by atoms with van der Waals surface area (Å²) in [5.74, 6) is -0.716. The summed E-state index contributed by atoms with van der Waals surface area (Å²) >= 11 is 1.55. The van der Waals surface area contributed by atoms with Gasteiger partial charge in [-0.05, 0) is 50.6 Å². The fourth-order valence-corrected chi connectivity index (χ4v) is 6.47. The predicted molar refractivity (Wildman–Crippen MR) is 125 cm³/mol. The van der Waals surface area contributed by atoms with E-state index in [9.17, 15) is 18.0 Å². The van der Waals surface area contributed by atoms with Gasteiger partial charge in [0.2, 0.25) is 21.8 Å². The molecule has 3 rings (SSSR count). The minimum Gasteiger partial charge on any atom is -0.351 e. The van der Waals surface area contributed by atoms with Crippen LogP contribution in [0.3, 0.4) is 0 Å². The van der Waals surface area contributed by atoms with E-state index in [4.69, 9.17) is 0 Å². The highest BCUT2D eigenvalue weighted by atomic mass is 32.2. The maximum Gasteiger partial charge on any atom is 0.247 e. The van der Waals surface area contributed by atoms with Gasteiger partial charge in [0, 0.05) is 23.2 Å². The number of piperazine rings is 1. The maximum absolute atomic E-state index is 13.6. The van der Waals surface area contributed by atoms with Gasteiger partial charge >= 0.3 is 0 Å². The molecular formula is C22H33N3O4S2. The molecule has 2 fully saturated rings. The number of nitrogens with zero attached hydrogens (tertiary/aromatic N) is 2. The van der Waals surface area contributed by atoms with Gasteiger partial charge in [-0.2, -0.15) is 4.31 Å². The van der Waals surface area contributed by atoms with Crippen LogP contribution in [0.25, 0.3) is 0 Å². The molecule has 2 aliphatic rings. The minimum absolute atomic E-state index is 0.0391. The lowest BCUT2D eigenvalue weighted by atomic mass is 9.91. The SMILES string of the molecule is CCCS(=O)(=O)N1CC(=O)N(c2cccc(SC)c2)C(C)(C(=O)NC2CCCCC2)C1. The van der Waals surface area contributed by atoms with Crippen LogP contribution in [0, 0.1) is 0 Å². The summed E-state index contributed by atoms with van der Waals surface area (Å²) in [5, 5.41) is 3.12. The average molecular weight is 468 g/mol. The third kappa shape index (κ3) is 5.26. The van der Waals surface area contributed by atoms with Crippen molar-refractivity contribution < 1.29 is 18.0 Å². The Labute approximate surface area is 190 Å². The van der Waals surface area contributed by atoms with Gasteiger partial charge in [0.25, 0.3) is 0 Å². The molecule has 0 aromatic heterocycles. The van der Waals surface area contributed by atoms with Crippen molar-refractivity contribution in [1.29, 1.82) is 0 Å². The van der Waals surface area contributed by atoms with Gasteiger partial charge in [0.05, 0.1) is 12.3 Å². The zero-order valence-corrected chi connectivity index (χ0v) is 20.2. The summed E-state index contributed by atoms with van der Waals surface area (Å²) in [6.45, 7) is 3.17. The lowest BCUT2D eigenvalue weighted by Crippen LogP contribution is -2.71. The van der Waals surface area contributed by atoms with Crippen LogP contribution in [-0.4, -0.2) is 61.2 Å². The number of sulfonamides is 1. The van der Waals surface area contributed by atoms with Gasteiger partial charge in [0.15, 0.2) is 0 Å². The van der Waals surface area contributed by atoms with Crippen molar-refractivity contribution in [3.05, 3.63) is 24.3 Å². The average Bonchev–Trinajstić information content (AvgIpc) is 2.74. The van der Waals surface area contributed by atoms with E-state index in [1.54, 1.807) is 31.7 Å². The Balaban J connectivity index is 1.98. The first kappa shape index (κ1) is 24.1. The molecule has 1 heterocycles. The highest BCUT2D eigenvalue weighted by Crippen LogP contribution is 2.33. The normalized spacial score (nSPS) is 23.7. The highest BCUT2D eigenvalue weighted by Gasteiger charge is 2.51. The first-order chi connectivity index (χ1) is 14.7. The number of carbonyl (C=O) groups excluding carboxylic acids is 2. The summed E-state index contributed by atoms with van der Waals surface area (Å²) in [6, 6.07) is 7.55. The predicted octanol–water partition coefficient (Wildman–Crippen LogP) is 3.00. The molecule has 172 valence electrons. The molecule has 0 radical (unpaired) electrons. The molecule has 0 spiro atoms. The van der Waals surface area contributed by atoms with E-state index >= 15 is 0 Å². The van der Waals surface area contributed by atoms with Crippen LogP contribution >= 0.6 is 11.8 Å². The van der Waals surface area contributed by atoms with Gasteiger partial charge in [-0.15, -0.1) is 11.8 Å². The number of hydrogen-bond donors (Lipinski definition) is 1. The Morgan fingerprint density at radius 1 is 1.26 bits per heavy atom. The number of rotatable bonds is 7. The zero-order valence-electron chi connectivity index (χ0n) is 18.6. The Kier molecular flexibility index (Phi) is 7.70. The van der Waals surface area contributed by atoms with E-state index < -0.39 is 15.6 Å². The van der Waals surface area contributed by atoms with Crippen LogP contribution in [0.4, 0.5) is 5.69 Å². The van der Waals surface area contributed by atoms with Crippen molar-refractivity contribution in [2.24, 2.45) is 0 Å². The Bertz CT molecular complexity index is 915. The van der Waals surface area contributed by atoms with Crippen molar-refractivity contribution in [1.82, 2.24) is 9.62 Å². The highest BCUT2D eigenvalue weighted by molar-refractivity contribution is 7.98. The summed E-state index contributed by atoms with van der Waals surface area (Å²) in [4.78, 5) is 29.3. The van der Waals surface area contributed by atoms with Crippen LogP contribution in [0.1, 0.15) is 52.4 Å². The largest absolute Gasteiger partial charge is 0.351 e. The molecule has 2 amide bonds. The van der Waals surface area contributed by atoms with Crippen molar-refractivity contribution in [3.63, 3.8) is 0 Å². The third-order valence-electron chi connectivity index (χ3n) is 6.14. The van der Waals surface area contributed by atoms with Crippen molar-refractivity contribution >= 4 is 39.3 Å². The fraction of sp³-hybridized carbons (Fsp3) is 0.636. The number of anilines is 1. The van der Waals surface area contributed by atoms with Crippen LogP contribution in [-0.2, 0) is 19.6 Å². The Morgan fingerprint density at radius 3 is 2.61 bits per heavy atom. The second kappa shape index (κ2) is 9.92. The first-order valence-electron chi connectivity index (χ1n) is 11.0. The monoisotopic (exact) mass is 467 g/mol. The topological polar surface area (TPSA) is 86.8 Å². The molecule has 1 aromatic rings. The van der Waals surface area contributed by atoms with Crippen LogP contribution in [0.15, 0.2) is 29.2 Å². The molecule has 1 atom stereocenters. The van der Waals surface area contributed by atoms with E-state index in [1.165, 1.54) is 15.6 Å². The third-order valence-corrected chi connectivity index (χ3v) is 8.83. The molecule has 0 bridgehead atoms. The molecule has 9 heteroatoms. The summed E-state index contributed by atoms with van der Waals surface area (Å²) in [5.41, 5.74) is -0.712. The maximum atomic E-state index is 13.6. The van der Waals surface area contributed by atoms with Crippen molar-refractivity contribution in [2.45, 2.75) is 68.8 Å². The number of benzene rings is 1. The summed E-state index contributed by atoms with van der Waals surface area (Å²) in [7, 11) is -3.62. The van der Waals surface area contributed by atoms with E-state index in [0.717, 1.165) is 30.6 Å². The zero-order chi connectivity index (χ0) is 22.6. The van der Waals surface area contributed by atoms with Gasteiger partial charge in [-0.25, -0.2) is 8.42 Å². The summed E-state index contributed by atoms with van der Waals surface area (Å²) < 4.78 is 26.8. The van der Waals surface area contributed by atoms with E-state index in [1.807, 2.05) is 24.5 Å². The van der Waals surface area contributed by atoms with Gasteiger partial charge < -0.3 is 5.32 Å². The van der Waals surface area contributed by atoms with Gasteiger partial charge in [0.1, 0.15) is 5.54 Å². The number of hydrogen-bond acceptors (Lipinski definition) is 5. The molecule has 31 heavy (non-hydrogen) atoms. The van der Waals surface area contributed by atoms with E-state index in [2.05, 4.69) is 5.32 Å². The fourth-order valence-electron chi connectivity index (χ4n) is 4.49. The van der Waals surface area contributed by atoms with Crippen molar-refractivity contribution in [3.8, 4) is 0 Å². The standard InChI is InChI=1S/C22H33N3O4S2/c1-4-13-31(28,29)24-15-20(26)25(18-11-8-12-19(14-18)30-3)22(2,16-24)21(27)23-17-9-6-5-7-10-17/h8,11-12,14,17H,4-7,9-10,13,15-16H2,1-3H3,(H,23,27). The van der Waals surface area contributed by atoms with Crippen LogP contribution in [0.5, 0.6) is 0 Å². The second-order valence-electron chi connectivity index (χ2n) is 8.60. The molecule has 1 aliphatic heterocycles.